The summed E-state index contributed by atoms with van der Waals surface area (Å²) >= 11 is 1.37. The van der Waals surface area contributed by atoms with Crippen molar-refractivity contribution in [2.24, 2.45) is 0 Å². The van der Waals surface area contributed by atoms with Crippen LogP contribution in [-0.4, -0.2) is 25.1 Å². The largest absolute Gasteiger partial charge is 0.494 e. The Morgan fingerprint density at radius 2 is 1.86 bits per heavy atom. The number of hydrogen-bond acceptors (Lipinski definition) is 5. The van der Waals surface area contributed by atoms with Crippen LogP contribution in [0.1, 0.15) is 53.1 Å². The molecule has 0 aliphatic heterocycles. The molecule has 1 aromatic carbocycles. The molecule has 0 fully saturated rings. The molecule has 0 unspecified atom stereocenters. The Bertz CT molecular complexity index is 837. The maximum atomic E-state index is 12.3. The van der Waals surface area contributed by atoms with Crippen LogP contribution in [0.3, 0.4) is 0 Å². The zero-order valence-electron chi connectivity index (χ0n) is 16.8. The van der Waals surface area contributed by atoms with Gasteiger partial charge >= 0.3 is 5.97 Å². The van der Waals surface area contributed by atoms with Crippen molar-refractivity contribution in [2.45, 2.75) is 40.5 Å². The number of amides is 1. The van der Waals surface area contributed by atoms with E-state index < -0.39 is 5.97 Å². The first-order valence-electron chi connectivity index (χ1n) is 9.45. The fourth-order valence-corrected chi connectivity index (χ4v) is 3.55. The van der Waals surface area contributed by atoms with Crippen LogP contribution in [-0.2, 0) is 9.53 Å². The van der Waals surface area contributed by atoms with Gasteiger partial charge in [-0.15, -0.1) is 11.3 Å². The molecule has 150 valence electrons. The molecule has 1 amide bonds. The van der Waals surface area contributed by atoms with Crippen molar-refractivity contribution in [1.29, 1.82) is 0 Å². The van der Waals surface area contributed by atoms with E-state index in [0.29, 0.717) is 23.8 Å². The quantitative estimate of drug-likeness (QED) is 0.348. The van der Waals surface area contributed by atoms with Gasteiger partial charge in [0.25, 0.3) is 0 Å². The number of carbonyl (C=O) groups is 2. The normalized spacial score (nSPS) is 10.9. The highest BCUT2D eigenvalue weighted by molar-refractivity contribution is 7.16. The van der Waals surface area contributed by atoms with Gasteiger partial charge in [0.1, 0.15) is 10.8 Å². The van der Waals surface area contributed by atoms with Gasteiger partial charge in [0, 0.05) is 11.0 Å². The van der Waals surface area contributed by atoms with E-state index in [-0.39, 0.29) is 5.91 Å². The molecule has 1 heterocycles. The third-order valence-electron chi connectivity index (χ3n) is 4.18. The molecule has 0 aliphatic rings. The first kappa shape index (κ1) is 21.7. The van der Waals surface area contributed by atoms with Gasteiger partial charge in [0.2, 0.25) is 5.91 Å². The highest BCUT2D eigenvalue weighted by Gasteiger charge is 2.21. The molecular formula is C22H27NO4S. The van der Waals surface area contributed by atoms with Crippen LogP contribution >= 0.6 is 11.3 Å². The summed E-state index contributed by atoms with van der Waals surface area (Å²) in [6.45, 7) is 8.64. The summed E-state index contributed by atoms with van der Waals surface area (Å²) < 4.78 is 10.7. The lowest BCUT2D eigenvalue weighted by atomic mass is 10.1. The van der Waals surface area contributed by atoms with E-state index in [1.54, 1.807) is 13.0 Å². The summed E-state index contributed by atoms with van der Waals surface area (Å²) in [6.07, 6.45) is 5.29. The number of esters is 1. The molecule has 0 spiro atoms. The lowest BCUT2D eigenvalue weighted by Crippen LogP contribution is -2.12. The van der Waals surface area contributed by atoms with E-state index in [9.17, 15) is 9.59 Å². The SMILES string of the molecule is CCCCOc1ccc(/C=C/C(=O)Nc2sc(C)c(C)c2C(=O)OCC)cc1. The fourth-order valence-electron chi connectivity index (χ4n) is 2.50. The Labute approximate surface area is 170 Å². The minimum atomic E-state index is -0.415. The number of hydrogen-bond donors (Lipinski definition) is 1. The third-order valence-corrected chi connectivity index (χ3v) is 5.30. The van der Waals surface area contributed by atoms with E-state index in [0.717, 1.165) is 34.6 Å². The van der Waals surface area contributed by atoms with Crippen LogP contribution in [0, 0.1) is 13.8 Å². The number of unbranched alkanes of at least 4 members (excludes halogenated alkanes) is 1. The molecule has 0 bridgehead atoms. The molecule has 0 radical (unpaired) electrons. The van der Waals surface area contributed by atoms with Crippen molar-refractivity contribution < 1.29 is 19.1 Å². The number of nitrogens with one attached hydrogen (secondary N) is 1. The fraction of sp³-hybridized carbons (Fsp3) is 0.364. The molecule has 0 saturated carbocycles. The van der Waals surface area contributed by atoms with E-state index in [4.69, 9.17) is 9.47 Å². The first-order chi connectivity index (χ1) is 13.5. The molecule has 0 atom stereocenters. The van der Waals surface area contributed by atoms with Crippen molar-refractivity contribution in [3.63, 3.8) is 0 Å². The zero-order valence-corrected chi connectivity index (χ0v) is 17.7. The van der Waals surface area contributed by atoms with Gasteiger partial charge in [-0.1, -0.05) is 25.5 Å². The molecule has 0 aliphatic carbocycles. The van der Waals surface area contributed by atoms with Crippen LogP contribution in [0.4, 0.5) is 5.00 Å². The summed E-state index contributed by atoms with van der Waals surface area (Å²) in [5.41, 5.74) is 2.16. The predicted octanol–water partition coefficient (Wildman–Crippen LogP) is 5.37. The smallest absolute Gasteiger partial charge is 0.341 e. The van der Waals surface area contributed by atoms with Gasteiger partial charge < -0.3 is 14.8 Å². The minimum absolute atomic E-state index is 0.290. The number of aryl methyl sites for hydroxylation is 1. The van der Waals surface area contributed by atoms with Crippen LogP contribution in [0.2, 0.25) is 0 Å². The maximum absolute atomic E-state index is 12.3. The van der Waals surface area contributed by atoms with Crippen molar-refractivity contribution in [2.75, 3.05) is 18.5 Å². The summed E-state index contributed by atoms with van der Waals surface area (Å²) in [6, 6.07) is 7.57. The molecule has 2 aromatic rings. The highest BCUT2D eigenvalue weighted by Crippen LogP contribution is 2.33. The van der Waals surface area contributed by atoms with Crippen LogP contribution in [0.5, 0.6) is 5.75 Å². The van der Waals surface area contributed by atoms with Crippen LogP contribution in [0.25, 0.3) is 6.08 Å². The number of anilines is 1. The van der Waals surface area contributed by atoms with Crippen molar-refractivity contribution in [3.05, 3.63) is 51.9 Å². The molecular weight excluding hydrogens is 374 g/mol. The van der Waals surface area contributed by atoms with E-state index in [1.807, 2.05) is 38.1 Å². The van der Waals surface area contributed by atoms with Crippen molar-refractivity contribution in [1.82, 2.24) is 0 Å². The zero-order chi connectivity index (χ0) is 20.5. The van der Waals surface area contributed by atoms with E-state index in [1.165, 1.54) is 17.4 Å². The van der Waals surface area contributed by atoms with Gasteiger partial charge in [-0.2, -0.15) is 0 Å². The standard InChI is InChI=1S/C22H27NO4S/c1-5-7-14-27-18-11-8-17(9-12-18)10-13-19(24)23-21-20(22(25)26-6-2)15(3)16(4)28-21/h8-13H,5-7,14H2,1-4H3,(H,23,24)/b13-10+. The summed E-state index contributed by atoms with van der Waals surface area (Å²) in [5.74, 6) is 0.107. The molecule has 1 N–H and O–H groups in total. The van der Waals surface area contributed by atoms with Gasteiger partial charge in [0.15, 0.2) is 0 Å². The second-order valence-corrected chi connectivity index (χ2v) is 7.53. The molecule has 28 heavy (non-hydrogen) atoms. The number of thiophene rings is 1. The summed E-state index contributed by atoms with van der Waals surface area (Å²) in [4.78, 5) is 25.5. The Kier molecular flexibility index (Phi) is 8.26. The van der Waals surface area contributed by atoms with Gasteiger partial charge in [0.05, 0.1) is 18.8 Å². The third kappa shape index (κ3) is 5.96. The summed E-state index contributed by atoms with van der Waals surface area (Å²) in [7, 11) is 0. The number of rotatable bonds is 9. The minimum Gasteiger partial charge on any atom is -0.494 e. The second-order valence-electron chi connectivity index (χ2n) is 6.30. The number of carbonyl (C=O) groups excluding carboxylic acids is 2. The summed E-state index contributed by atoms with van der Waals surface area (Å²) in [5, 5.41) is 3.31. The molecule has 5 nitrogen and oxygen atoms in total. The Hall–Kier alpha value is -2.60. The molecule has 2 rings (SSSR count). The second kappa shape index (κ2) is 10.7. The first-order valence-corrected chi connectivity index (χ1v) is 10.3. The lowest BCUT2D eigenvalue weighted by molar-refractivity contribution is -0.111. The van der Waals surface area contributed by atoms with Crippen LogP contribution < -0.4 is 10.1 Å². The van der Waals surface area contributed by atoms with E-state index in [2.05, 4.69) is 12.2 Å². The Morgan fingerprint density at radius 3 is 2.50 bits per heavy atom. The van der Waals surface area contributed by atoms with Crippen molar-refractivity contribution >= 4 is 34.3 Å². The maximum Gasteiger partial charge on any atom is 0.341 e. The Balaban J connectivity index is 2.02. The average molecular weight is 402 g/mol. The van der Waals surface area contributed by atoms with Crippen LogP contribution in [0.15, 0.2) is 30.3 Å². The highest BCUT2D eigenvalue weighted by atomic mass is 32.1. The predicted molar refractivity (Wildman–Crippen MR) is 114 cm³/mol. The lowest BCUT2D eigenvalue weighted by Gasteiger charge is -2.06. The molecule has 1 aromatic heterocycles. The van der Waals surface area contributed by atoms with E-state index >= 15 is 0 Å². The monoisotopic (exact) mass is 401 g/mol. The van der Waals surface area contributed by atoms with Crippen molar-refractivity contribution in [3.8, 4) is 5.75 Å². The Morgan fingerprint density at radius 1 is 1.14 bits per heavy atom. The molecule has 0 saturated heterocycles. The number of ether oxygens (including phenoxy) is 2. The average Bonchev–Trinajstić information content (AvgIpc) is 2.95. The van der Waals surface area contributed by atoms with Gasteiger partial charge in [-0.25, -0.2) is 4.79 Å². The topological polar surface area (TPSA) is 64.6 Å². The van der Waals surface area contributed by atoms with Gasteiger partial charge in [-0.05, 0) is 56.5 Å². The van der Waals surface area contributed by atoms with Gasteiger partial charge in [-0.3, -0.25) is 4.79 Å². The molecule has 6 heteroatoms. The number of benzene rings is 1.